The Morgan fingerprint density at radius 2 is 2.19 bits per heavy atom. The van der Waals surface area contributed by atoms with E-state index in [1.807, 2.05) is 0 Å². The molecule has 0 spiro atoms. The maximum absolute atomic E-state index is 11.6. The number of nitrogens with zero attached hydrogens (tertiary/aromatic N) is 2. The summed E-state index contributed by atoms with van der Waals surface area (Å²) in [5.74, 6) is 0.688. The van der Waals surface area contributed by atoms with Gasteiger partial charge in [-0.2, -0.15) is 0 Å². The molecular formula is C12H17N3O. The summed E-state index contributed by atoms with van der Waals surface area (Å²) >= 11 is 0. The van der Waals surface area contributed by atoms with Crippen molar-refractivity contribution in [3.63, 3.8) is 0 Å². The molecule has 0 aromatic carbocycles. The monoisotopic (exact) mass is 219 g/mol. The molecule has 0 saturated heterocycles. The van der Waals surface area contributed by atoms with Crippen LogP contribution in [-0.4, -0.2) is 22.4 Å². The molecule has 0 aliphatic heterocycles. The Hall–Kier alpha value is -1.45. The zero-order chi connectivity index (χ0) is 11.2. The van der Waals surface area contributed by atoms with Crippen molar-refractivity contribution < 1.29 is 4.79 Å². The SMILES string of the molecule is O=C(NCCC1CCCC1)c1cnccn1. The number of nitrogens with one attached hydrogen (secondary N) is 1. The number of hydrogen-bond donors (Lipinski definition) is 1. The number of rotatable bonds is 4. The van der Waals surface area contributed by atoms with Crippen LogP contribution in [-0.2, 0) is 0 Å². The summed E-state index contributed by atoms with van der Waals surface area (Å²) in [7, 11) is 0. The molecule has 0 atom stereocenters. The first kappa shape index (κ1) is 11.0. The Balaban J connectivity index is 1.71. The standard InChI is InChI=1S/C12H17N3O/c16-12(11-9-13-7-8-14-11)15-6-5-10-3-1-2-4-10/h7-10H,1-6H2,(H,15,16). The highest BCUT2D eigenvalue weighted by Gasteiger charge is 2.15. The van der Waals surface area contributed by atoms with Crippen LogP contribution in [0.2, 0.25) is 0 Å². The van der Waals surface area contributed by atoms with Gasteiger partial charge in [0.05, 0.1) is 6.20 Å². The molecule has 0 unspecified atom stereocenters. The molecule has 1 fully saturated rings. The molecule has 2 rings (SSSR count). The lowest BCUT2D eigenvalue weighted by atomic mass is 10.0. The third-order valence-corrected chi connectivity index (χ3v) is 3.11. The lowest BCUT2D eigenvalue weighted by Crippen LogP contribution is -2.26. The van der Waals surface area contributed by atoms with Gasteiger partial charge in [0.1, 0.15) is 5.69 Å². The largest absolute Gasteiger partial charge is 0.351 e. The first-order valence-corrected chi connectivity index (χ1v) is 5.90. The molecule has 0 radical (unpaired) electrons. The molecule has 16 heavy (non-hydrogen) atoms. The second kappa shape index (κ2) is 5.58. The van der Waals surface area contributed by atoms with Crippen LogP contribution in [0.1, 0.15) is 42.6 Å². The second-order valence-electron chi connectivity index (χ2n) is 4.29. The summed E-state index contributed by atoms with van der Waals surface area (Å²) in [6.07, 6.45) is 11.0. The Morgan fingerprint density at radius 1 is 1.38 bits per heavy atom. The van der Waals surface area contributed by atoms with Crippen LogP contribution in [0.4, 0.5) is 0 Å². The third-order valence-electron chi connectivity index (χ3n) is 3.11. The molecule has 4 heteroatoms. The summed E-state index contributed by atoms with van der Waals surface area (Å²) in [4.78, 5) is 19.4. The molecule has 1 heterocycles. The van der Waals surface area contributed by atoms with E-state index in [2.05, 4.69) is 15.3 Å². The number of aromatic nitrogens is 2. The van der Waals surface area contributed by atoms with E-state index in [0.717, 1.165) is 18.9 Å². The minimum absolute atomic E-state index is 0.119. The van der Waals surface area contributed by atoms with Crippen molar-refractivity contribution >= 4 is 5.91 Å². The topological polar surface area (TPSA) is 54.9 Å². The average molecular weight is 219 g/mol. The molecule has 1 N–H and O–H groups in total. The first-order valence-electron chi connectivity index (χ1n) is 5.90. The van der Waals surface area contributed by atoms with E-state index < -0.39 is 0 Å². The molecule has 1 amide bonds. The summed E-state index contributed by atoms with van der Waals surface area (Å²) < 4.78 is 0. The Morgan fingerprint density at radius 3 is 2.88 bits per heavy atom. The van der Waals surface area contributed by atoms with E-state index in [9.17, 15) is 4.79 Å². The fraction of sp³-hybridized carbons (Fsp3) is 0.583. The maximum Gasteiger partial charge on any atom is 0.271 e. The summed E-state index contributed by atoms with van der Waals surface area (Å²) in [6.45, 7) is 0.750. The molecule has 1 aliphatic carbocycles. The Bertz CT molecular complexity index is 333. The van der Waals surface area contributed by atoms with Crippen LogP contribution in [0.25, 0.3) is 0 Å². The van der Waals surface area contributed by atoms with Gasteiger partial charge >= 0.3 is 0 Å². The van der Waals surface area contributed by atoms with Crippen LogP contribution in [0, 0.1) is 5.92 Å². The van der Waals surface area contributed by atoms with Crippen molar-refractivity contribution in [3.05, 3.63) is 24.3 Å². The number of amides is 1. The van der Waals surface area contributed by atoms with Crippen LogP contribution in [0.15, 0.2) is 18.6 Å². The van der Waals surface area contributed by atoms with Gasteiger partial charge in [0.25, 0.3) is 5.91 Å². The van der Waals surface area contributed by atoms with E-state index in [1.165, 1.54) is 38.1 Å². The Kier molecular flexibility index (Phi) is 3.86. The Labute approximate surface area is 95.5 Å². The summed E-state index contributed by atoms with van der Waals surface area (Å²) in [6, 6.07) is 0. The van der Waals surface area contributed by atoms with E-state index in [4.69, 9.17) is 0 Å². The summed E-state index contributed by atoms with van der Waals surface area (Å²) in [5.41, 5.74) is 0.397. The van der Waals surface area contributed by atoms with E-state index in [-0.39, 0.29) is 5.91 Å². The highest BCUT2D eigenvalue weighted by molar-refractivity contribution is 5.91. The molecule has 1 aliphatic rings. The highest BCUT2D eigenvalue weighted by Crippen LogP contribution is 2.26. The molecule has 1 saturated carbocycles. The molecule has 86 valence electrons. The zero-order valence-electron chi connectivity index (χ0n) is 9.35. The van der Waals surface area contributed by atoms with Crippen molar-refractivity contribution in [2.24, 2.45) is 5.92 Å². The van der Waals surface area contributed by atoms with Crippen molar-refractivity contribution in [2.45, 2.75) is 32.1 Å². The van der Waals surface area contributed by atoms with E-state index in [0.29, 0.717) is 5.69 Å². The van der Waals surface area contributed by atoms with Gasteiger partial charge in [0.2, 0.25) is 0 Å². The second-order valence-corrected chi connectivity index (χ2v) is 4.29. The molecular weight excluding hydrogens is 202 g/mol. The predicted octanol–water partition coefficient (Wildman–Crippen LogP) is 1.79. The number of carbonyl (C=O) groups excluding carboxylic acids is 1. The lowest BCUT2D eigenvalue weighted by Gasteiger charge is -2.09. The quantitative estimate of drug-likeness (QED) is 0.840. The van der Waals surface area contributed by atoms with Gasteiger partial charge in [-0.05, 0) is 12.3 Å². The minimum Gasteiger partial charge on any atom is -0.351 e. The van der Waals surface area contributed by atoms with Crippen molar-refractivity contribution in [1.29, 1.82) is 0 Å². The normalized spacial score (nSPS) is 16.2. The van der Waals surface area contributed by atoms with Crippen LogP contribution in [0.5, 0.6) is 0 Å². The average Bonchev–Trinajstić information content (AvgIpc) is 2.83. The van der Waals surface area contributed by atoms with Crippen molar-refractivity contribution in [3.8, 4) is 0 Å². The number of hydrogen-bond acceptors (Lipinski definition) is 3. The molecule has 1 aromatic heterocycles. The van der Waals surface area contributed by atoms with Gasteiger partial charge in [-0.25, -0.2) is 4.98 Å². The van der Waals surface area contributed by atoms with Gasteiger partial charge in [0.15, 0.2) is 0 Å². The first-order chi connectivity index (χ1) is 7.86. The molecule has 0 bridgehead atoms. The zero-order valence-corrected chi connectivity index (χ0v) is 9.35. The van der Waals surface area contributed by atoms with Crippen molar-refractivity contribution in [1.82, 2.24) is 15.3 Å². The van der Waals surface area contributed by atoms with E-state index in [1.54, 1.807) is 6.20 Å². The number of carbonyl (C=O) groups is 1. The highest BCUT2D eigenvalue weighted by atomic mass is 16.1. The van der Waals surface area contributed by atoms with Crippen LogP contribution in [0.3, 0.4) is 0 Å². The lowest BCUT2D eigenvalue weighted by molar-refractivity contribution is 0.0946. The third kappa shape index (κ3) is 3.02. The molecule has 1 aromatic rings. The van der Waals surface area contributed by atoms with Crippen LogP contribution < -0.4 is 5.32 Å². The molecule has 4 nitrogen and oxygen atoms in total. The predicted molar refractivity (Wildman–Crippen MR) is 60.9 cm³/mol. The van der Waals surface area contributed by atoms with Crippen LogP contribution >= 0.6 is 0 Å². The van der Waals surface area contributed by atoms with Crippen molar-refractivity contribution in [2.75, 3.05) is 6.54 Å². The fourth-order valence-electron chi connectivity index (χ4n) is 2.20. The fourth-order valence-corrected chi connectivity index (χ4v) is 2.20. The summed E-state index contributed by atoms with van der Waals surface area (Å²) in [5, 5.41) is 2.88. The van der Waals surface area contributed by atoms with Gasteiger partial charge in [-0.3, -0.25) is 9.78 Å². The van der Waals surface area contributed by atoms with Gasteiger partial charge in [-0.1, -0.05) is 25.7 Å². The maximum atomic E-state index is 11.6. The minimum atomic E-state index is -0.119. The van der Waals surface area contributed by atoms with E-state index >= 15 is 0 Å². The van der Waals surface area contributed by atoms with Gasteiger partial charge in [-0.15, -0.1) is 0 Å². The smallest absolute Gasteiger partial charge is 0.271 e. The van der Waals surface area contributed by atoms with Gasteiger partial charge < -0.3 is 5.32 Å². The van der Waals surface area contributed by atoms with Gasteiger partial charge in [0, 0.05) is 18.9 Å².